The van der Waals surface area contributed by atoms with E-state index in [1.165, 1.54) is 10.9 Å². The van der Waals surface area contributed by atoms with Gasteiger partial charge in [0.05, 0.1) is 5.56 Å². The van der Waals surface area contributed by atoms with Gasteiger partial charge >= 0.3 is 0 Å². The molecule has 0 bridgehead atoms. The molecule has 0 saturated heterocycles. The maximum atomic E-state index is 13.4. The van der Waals surface area contributed by atoms with Crippen LogP contribution < -0.4 is 0 Å². The Labute approximate surface area is 90.3 Å². The van der Waals surface area contributed by atoms with Crippen LogP contribution in [-0.2, 0) is 7.05 Å². The summed E-state index contributed by atoms with van der Waals surface area (Å²) in [6, 6.07) is 3.04. The SMILES string of the molecule is Cn1cc(C=O)c(-c2cc(F)ccc2F)n1. The lowest BCUT2D eigenvalue weighted by atomic mass is 10.1. The highest BCUT2D eigenvalue weighted by molar-refractivity contribution is 5.85. The first kappa shape index (κ1) is 10.5. The first-order chi connectivity index (χ1) is 7.61. The minimum Gasteiger partial charge on any atom is -0.298 e. The highest BCUT2D eigenvalue weighted by atomic mass is 19.1. The molecule has 0 fully saturated rings. The van der Waals surface area contributed by atoms with Crippen molar-refractivity contribution in [2.24, 2.45) is 7.05 Å². The number of aldehydes is 1. The lowest BCUT2D eigenvalue weighted by Gasteiger charge is -2.00. The quantitative estimate of drug-likeness (QED) is 0.730. The molecule has 0 amide bonds. The van der Waals surface area contributed by atoms with Crippen LogP contribution in [0.5, 0.6) is 0 Å². The molecular formula is C11H8F2N2O. The van der Waals surface area contributed by atoms with Gasteiger partial charge < -0.3 is 0 Å². The molecule has 0 unspecified atom stereocenters. The van der Waals surface area contributed by atoms with Crippen LogP contribution in [0.4, 0.5) is 8.78 Å². The van der Waals surface area contributed by atoms with E-state index >= 15 is 0 Å². The first-order valence-electron chi connectivity index (χ1n) is 4.56. The second-order valence-corrected chi connectivity index (χ2v) is 3.35. The van der Waals surface area contributed by atoms with E-state index < -0.39 is 11.6 Å². The Hall–Kier alpha value is -2.04. The van der Waals surface area contributed by atoms with Crippen molar-refractivity contribution < 1.29 is 13.6 Å². The molecule has 0 radical (unpaired) electrons. The van der Waals surface area contributed by atoms with E-state index in [0.717, 1.165) is 18.2 Å². The minimum atomic E-state index is -0.608. The fourth-order valence-electron chi connectivity index (χ4n) is 1.48. The summed E-state index contributed by atoms with van der Waals surface area (Å²) in [5, 5.41) is 3.93. The van der Waals surface area contributed by atoms with E-state index in [1.54, 1.807) is 7.05 Å². The normalized spacial score (nSPS) is 10.4. The standard InChI is InChI=1S/C11H8F2N2O/c1-15-5-7(6-16)11(14-15)9-4-8(12)2-3-10(9)13/h2-6H,1H3. The molecule has 0 saturated carbocycles. The van der Waals surface area contributed by atoms with E-state index in [9.17, 15) is 13.6 Å². The zero-order valence-corrected chi connectivity index (χ0v) is 8.45. The Balaban J connectivity index is 2.66. The van der Waals surface area contributed by atoms with Gasteiger partial charge in [-0.1, -0.05) is 0 Å². The summed E-state index contributed by atoms with van der Waals surface area (Å²) in [5.74, 6) is -1.18. The van der Waals surface area contributed by atoms with Crippen LogP contribution in [-0.4, -0.2) is 16.1 Å². The Morgan fingerprint density at radius 2 is 2.12 bits per heavy atom. The van der Waals surface area contributed by atoms with Gasteiger partial charge in [-0.05, 0) is 18.2 Å². The molecule has 82 valence electrons. The predicted octanol–water partition coefficient (Wildman–Crippen LogP) is 2.18. The van der Waals surface area contributed by atoms with Gasteiger partial charge in [-0.15, -0.1) is 0 Å². The van der Waals surface area contributed by atoms with Crippen LogP contribution in [0.1, 0.15) is 10.4 Å². The molecule has 0 atom stereocenters. The van der Waals surface area contributed by atoms with E-state index in [2.05, 4.69) is 5.10 Å². The lowest BCUT2D eigenvalue weighted by Crippen LogP contribution is -1.92. The van der Waals surface area contributed by atoms with Gasteiger partial charge in [0.2, 0.25) is 0 Å². The average Bonchev–Trinajstić information content (AvgIpc) is 2.63. The topological polar surface area (TPSA) is 34.9 Å². The number of carbonyl (C=O) groups is 1. The van der Waals surface area contributed by atoms with E-state index in [1.807, 2.05) is 0 Å². The number of carbonyl (C=O) groups excluding carboxylic acids is 1. The highest BCUT2D eigenvalue weighted by Crippen LogP contribution is 2.24. The van der Waals surface area contributed by atoms with Gasteiger partial charge in [0.25, 0.3) is 0 Å². The van der Waals surface area contributed by atoms with E-state index in [4.69, 9.17) is 0 Å². The van der Waals surface area contributed by atoms with E-state index in [-0.39, 0.29) is 16.8 Å². The third-order valence-electron chi connectivity index (χ3n) is 2.17. The summed E-state index contributed by atoms with van der Waals surface area (Å²) in [5.41, 5.74) is 0.365. The summed E-state index contributed by atoms with van der Waals surface area (Å²) in [4.78, 5) is 10.7. The second-order valence-electron chi connectivity index (χ2n) is 3.35. The molecule has 16 heavy (non-hydrogen) atoms. The van der Waals surface area contributed by atoms with Crippen molar-refractivity contribution in [2.45, 2.75) is 0 Å². The van der Waals surface area contributed by atoms with Gasteiger partial charge in [0.1, 0.15) is 17.3 Å². The van der Waals surface area contributed by atoms with Crippen molar-refractivity contribution in [3.63, 3.8) is 0 Å². The average molecular weight is 222 g/mol. The van der Waals surface area contributed by atoms with Gasteiger partial charge in [0, 0.05) is 18.8 Å². The Kier molecular flexibility index (Phi) is 2.52. The fourth-order valence-corrected chi connectivity index (χ4v) is 1.48. The minimum absolute atomic E-state index is 0.0114. The lowest BCUT2D eigenvalue weighted by molar-refractivity contribution is 0.112. The van der Waals surface area contributed by atoms with Gasteiger partial charge in [-0.3, -0.25) is 9.48 Å². The number of aryl methyl sites for hydroxylation is 1. The van der Waals surface area contributed by atoms with Gasteiger partial charge in [0.15, 0.2) is 6.29 Å². The Morgan fingerprint density at radius 3 is 2.81 bits per heavy atom. The van der Waals surface area contributed by atoms with Crippen molar-refractivity contribution in [2.75, 3.05) is 0 Å². The number of halogens is 2. The monoisotopic (exact) mass is 222 g/mol. The third-order valence-corrected chi connectivity index (χ3v) is 2.17. The van der Waals surface area contributed by atoms with Crippen LogP contribution in [0.25, 0.3) is 11.3 Å². The van der Waals surface area contributed by atoms with Crippen LogP contribution in [0.15, 0.2) is 24.4 Å². The maximum absolute atomic E-state index is 13.4. The number of aromatic nitrogens is 2. The van der Waals surface area contributed by atoms with E-state index in [0.29, 0.717) is 6.29 Å². The zero-order valence-electron chi connectivity index (χ0n) is 8.45. The molecule has 2 rings (SSSR count). The van der Waals surface area contributed by atoms with Gasteiger partial charge in [-0.25, -0.2) is 8.78 Å². The maximum Gasteiger partial charge on any atom is 0.153 e. The van der Waals surface area contributed by atoms with Crippen LogP contribution >= 0.6 is 0 Å². The molecule has 1 aromatic carbocycles. The predicted molar refractivity (Wildman–Crippen MR) is 53.9 cm³/mol. The molecular weight excluding hydrogens is 214 g/mol. The number of rotatable bonds is 2. The van der Waals surface area contributed by atoms with Crippen molar-refractivity contribution in [3.8, 4) is 11.3 Å². The smallest absolute Gasteiger partial charge is 0.153 e. The van der Waals surface area contributed by atoms with Gasteiger partial charge in [-0.2, -0.15) is 5.10 Å². The van der Waals surface area contributed by atoms with Crippen LogP contribution in [0, 0.1) is 11.6 Å². The molecule has 0 aliphatic carbocycles. The number of benzene rings is 1. The molecule has 1 heterocycles. The summed E-state index contributed by atoms with van der Waals surface area (Å²) < 4.78 is 27.8. The number of hydrogen-bond donors (Lipinski definition) is 0. The molecule has 0 N–H and O–H groups in total. The second kappa shape index (κ2) is 3.84. The third kappa shape index (κ3) is 1.71. The van der Waals surface area contributed by atoms with Crippen LogP contribution in [0.3, 0.4) is 0 Å². The first-order valence-corrected chi connectivity index (χ1v) is 4.56. The Bertz CT molecular complexity index is 549. The van der Waals surface area contributed by atoms with Crippen molar-refractivity contribution in [3.05, 3.63) is 41.6 Å². The largest absolute Gasteiger partial charge is 0.298 e. The van der Waals surface area contributed by atoms with Crippen molar-refractivity contribution >= 4 is 6.29 Å². The highest BCUT2D eigenvalue weighted by Gasteiger charge is 2.14. The molecule has 5 heteroatoms. The molecule has 0 aliphatic rings. The molecule has 2 aromatic rings. The van der Waals surface area contributed by atoms with Crippen LogP contribution in [0.2, 0.25) is 0 Å². The molecule has 0 spiro atoms. The summed E-state index contributed by atoms with van der Waals surface area (Å²) in [6.45, 7) is 0. The number of nitrogens with zero attached hydrogens (tertiary/aromatic N) is 2. The summed E-state index contributed by atoms with van der Waals surface area (Å²) >= 11 is 0. The fraction of sp³-hybridized carbons (Fsp3) is 0.0909. The molecule has 1 aromatic heterocycles. The zero-order chi connectivity index (χ0) is 11.7. The van der Waals surface area contributed by atoms with Crippen molar-refractivity contribution in [1.82, 2.24) is 9.78 Å². The number of hydrogen-bond acceptors (Lipinski definition) is 2. The Morgan fingerprint density at radius 1 is 1.38 bits per heavy atom. The molecule has 3 nitrogen and oxygen atoms in total. The summed E-state index contributed by atoms with van der Waals surface area (Å²) in [6.07, 6.45) is 2.01. The molecule has 0 aliphatic heterocycles. The van der Waals surface area contributed by atoms with Crippen molar-refractivity contribution in [1.29, 1.82) is 0 Å². The summed E-state index contributed by atoms with van der Waals surface area (Å²) in [7, 11) is 1.60.